The molecule has 0 saturated carbocycles. The minimum atomic E-state index is -0.328. The highest BCUT2D eigenvalue weighted by Gasteiger charge is 2.30. The molecule has 1 heterocycles. The molecule has 0 radical (unpaired) electrons. The van der Waals surface area contributed by atoms with E-state index in [2.05, 4.69) is 19.0 Å². The van der Waals surface area contributed by atoms with E-state index in [9.17, 15) is 10.0 Å². The van der Waals surface area contributed by atoms with Gasteiger partial charge in [-0.2, -0.15) is 0 Å². The van der Waals surface area contributed by atoms with Crippen LogP contribution in [-0.2, 0) is 9.53 Å². The Balaban J connectivity index is 1.88. The summed E-state index contributed by atoms with van der Waals surface area (Å²) in [6.07, 6.45) is 15.1. The van der Waals surface area contributed by atoms with Crippen molar-refractivity contribution in [2.45, 2.75) is 96.6 Å². The van der Waals surface area contributed by atoms with Crippen LogP contribution in [0.4, 0.5) is 0 Å². The number of carbonyl (C=O) groups excluding carboxylic acids is 1. The highest BCUT2D eigenvalue weighted by atomic mass is 16.5. The van der Waals surface area contributed by atoms with Gasteiger partial charge in [0.05, 0.1) is 6.61 Å². The van der Waals surface area contributed by atoms with Crippen molar-refractivity contribution in [2.75, 3.05) is 6.61 Å². The number of hydrogen-bond donors (Lipinski definition) is 0. The number of carbonyl (C=O) groups is 1. The molecule has 166 valence electrons. The van der Waals surface area contributed by atoms with Crippen LogP contribution in [0, 0.1) is 5.21 Å². The molecule has 1 aliphatic heterocycles. The maximum Gasteiger partial charge on any atom is 0.330 e. The first-order chi connectivity index (χ1) is 14.7. The predicted molar refractivity (Wildman–Crippen MR) is 121 cm³/mol. The zero-order valence-corrected chi connectivity index (χ0v) is 18.7. The Hall–Kier alpha value is -2.17. The minimum absolute atomic E-state index is 0.137. The molecule has 2 atom stereocenters. The molecule has 0 spiro atoms. The summed E-state index contributed by atoms with van der Waals surface area (Å²) in [7, 11) is 0. The summed E-state index contributed by atoms with van der Waals surface area (Å²) in [5, 5.41) is 16.9. The molecule has 30 heavy (non-hydrogen) atoms. The average molecular weight is 415 g/mol. The van der Waals surface area contributed by atoms with Gasteiger partial charge in [0.15, 0.2) is 0 Å². The number of unbranched alkanes of at least 4 members (excludes halogenated alkanes) is 6. The van der Waals surface area contributed by atoms with E-state index in [0.29, 0.717) is 6.61 Å². The molecule has 0 bridgehead atoms. The van der Waals surface area contributed by atoms with Crippen molar-refractivity contribution < 1.29 is 14.4 Å². The Morgan fingerprint density at radius 3 is 2.60 bits per heavy atom. The van der Waals surface area contributed by atoms with E-state index < -0.39 is 0 Å². The maximum atomic E-state index is 12.6. The summed E-state index contributed by atoms with van der Waals surface area (Å²) in [6.45, 7) is 4.82. The first-order valence-corrected chi connectivity index (χ1v) is 11.8. The second kappa shape index (κ2) is 13.9. The SMILES string of the molecule is CCCCCCCCOC(=O)/C=C/c1ccccc1C1CCC(CCCC)N=[N+]1[O-]. The van der Waals surface area contributed by atoms with Crippen molar-refractivity contribution in [2.24, 2.45) is 5.11 Å². The normalized spacial score (nSPS) is 19.1. The van der Waals surface area contributed by atoms with Gasteiger partial charge in [-0.3, -0.25) is 0 Å². The number of nitrogens with zero attached hydrogens (tertiary/aromatic N) is 2. The van der Waals surface area contributed by atoms with Crippen LogP contribution in [0.5, 0.6) is 0 Å². The van der Waals surface area contributed by atoms with Crippen LogP contribution in [0.2, 0.25) is 0 Å². The van der Waals surface area contributed by atoms with Crippen LogP contribution in [0.3, 0.4) is 0 Å². The first kappa shape index (κ1) is 24.1. The number of esters is 1. The third-order valence-electron chi connectivity index (χ3n) is 5.70. The lowest BCUT2D eigenvalue weighted by Gasteiger charge is -2.23. The molecule has 0 aliphatic carbocycles. The van der Waals surface area contributed by atoms with Crippen LogP contribution in [0.15, 0.2) is 35.5 Å². The van der Waals surface area contributed by atoms with E-state index in [1.165, 1.54) is 31.8 Å². The minimum Gasteiger partial charge on any atom is -0.599 e. The lowest BCUT2D eigenvalue weighted by Crippen LogP contribution is -2.23. The van der Waals surface area contributed by atoms with Gasteiger partial charge < -0.3 is 9.94 Å². The third-order valence-corrected chi connectivity index (χ3v) is 5.70. The highest BCUT2D eigenvalue weighted by Crippen LogP contribution is 2.32. The van der Waals surface area contributed by atoms with Crippen LogP contribution in [0.1, 0.15) is 102 Å². The van der Waals surface area contributed by atoms with Gasteiger partial charge in [0.1, 0.15) is 6.04 Å². The lowest BCUT2D eigenvalue weighted by atomic mass is 9.93. The fourth-order valence-electron chi connectivity index (χ4n) is 3.90. The molecule has 2 rings (SSSR count). The Morgan fingerprint density at radius 2 is 1.83 bits per heavy atom. The van der Waals surface area contributed by atoms with Crippen molar-refractivity contribution in [1.29, 1.82) is 0 Å². The smallest absolute Gasteiger partial charge is 0.330 e. The second-order valence-electron chi connectivity index (χ2n) is 8.20. The van der Waals surface area contributed by atoms with E-state index in [0.717, 1.165) is 60.9 Å². The van der Waals surface area contributed by atoms with Gasteiger partial charge >= 0.3 is 5.97 Å². The van der Waals surface area contributed by atoms with Gasteiger partial charge in [-0.05, 0) is 36.0 Å². The second-order valence-corrected chi connectivity index (χ2v) is 8.20. The molecular weight excluding hydrogens is 376 g/mol. The number of hydroxylamine groups is 1. The molecule has 0 saturated heterocycles. The number of azo groups is 1. The number of hydrogen-bond acceptors (Lipinski definition) is 4. The van der Waals surface area contributed by atoms with Crippen LogP contribution >= 0.6 is 0 Å². The van der Waals surface area contributed by atoms with E-state index >= 15 is 0 Å². The van der Waals surface area contributed by atoms with Crippen molar-refractivity contribution in [3.05, 3.63) is 46.7 Å². The summed E-state index contributed by atoms with van der Waals surface area (Å²) in [5.41, 5.74) is 1.80. The molecule has 2 unspecified atom stereocenters. The molecule has 0 aromatic heterocycles. The van der Waals surface area contributed by atoms with Gasteiger partial charge in [-0.15, -0.1) is 0 Å². The van der Waals surface area contributed by atoms with Gasteiger partial charge in [0.25, 0.3) is 0 Å². The largest absolute Gasteiger partial charge is 0.599 e. The fraction of sp³-hybridized carbons (Fsp3) is 0.640. The zero-order valence-electron chi connectivity index (χ0n) is 18.7. The Labute approximate surface area is 181 Å². The zero-order chi connectivity index (χ0) is 21.6. The molecule has 5 heteroatoms. The van der Waals surface area contributed by atoms with Gasteiger partial charge in [0.2, 0.25) is 6.04 Å². The first-order valence-electron chi connectivity index (χ1n) is 11.8. The van der Waals surface area contributed by atoms with Gasteiger partial charge in [-0.1, -0.05) is 87.9 Å². The highest BCUT2D eigenvalue weighted by molar-refractivity contribution is 5.87. The number of ether oxygens (including phenoxy) is 1. The molecular formula is C25H38N2O3. The third kappa shape index (κ3) is 8.29. The van der Waals surface area contributed by atoms with Crippen LogP contribution in [-0.4, -0.2) is 23.5 Å². The summed E-state index contributed by atoms with van der Waals surface area (Å²) in [5.74, 6) is -0.328. The molecule has 0 amide bonds. The Morgan fingerprint density at radius 1 is 1.10 bits per heavy atom. The fourth-order valence-corrected chi connectivity index (χ4v) is 3.90. The molecule has 1 aromatic rings. The van der Waals surface area contributed by atoms with Crippen molar-refractivity contribution in [3.8, 4) is 0 Å². The topological polar surface area (TPSA) is 64.7 Å². The van der Waals surface area contributed by atoms with Crippen LogP contribution < -0.4 is 0 Å². The lowest BCUT2D eigenvalue weighted by molar-refractivity contribution is -0.586. The monoisotopic (exact) mass is 414 g/mol. The molecule has 0 fully saturated rings. The number of benzene rings is 1. The Kier molecular flexibility index (Phi) is 11.2. The average Bonchev–Trinajstić information content (AvgIpc) is 2.76. The summed E-state index contributed by atoms with van der Waals surface area (Å²) < 4.78 is 5.31. The Bertz CT molecular complexity index is 699. The number of rotatable bonds is 13. The quantitative estimate of drug-likeness (QED) is 0.115. The van der Waals surface area contributed by atoms with Crippen molar-refractivity contribution >= 4 is 12.0 Å². The molecule has 0 N–H and O–H groups in total. The maximum absolute atomic E-state index is 12.6. The standard InChI is InChI=1S/C25H38N2O3/c1-3-5-7-8-9-12-20-30-25(28)19-16-21-13-10-11-15-23(21)24-18-17-22(14-6-4-2)26-27(24)29/h10-11,13,15-16,19,22,24H,3-9,12,14,17-18,20H2,1-2H3/b19-16+. The molecule has 1 aromatic carbocycles. The van der Waals surface area contributed by atoms with Gasteiger partial charge in [0, 0.05) is 18.1 Å². The summed E-state index contributed by atoms with van der Waals surface area (Å²) in [6, 6.07) is 7.59. The van der Waals surface area contributed by atoms with E-state index in [4.69, 9.17) is 4.74 Å². The summed E-state index contributed by atoms with van der Waals surface area (Å²) in [4.78, 5) is 12.9. The van der Waals surface area contributed by atoms with Gasteiger partial charge in [-0.25, -0.2) is 4.79 Å². The van der Waals surface area contributed by atoms with Crippen molar-refractivity contribution in [3.63, 3.8) is 0 Å². The van der Waals surface area contributed by atoms with Crippen molar-refractivity contribution in [1.82, 2.24) is 0 Å². The predicted octanol–water partition coefficient (Wildman–Crippen LogP) is 6.96. The van der Waals surface area contributed by atoms with E-state index in [-0.39, 0.29) is 18.1 Å². The van der Waals surface area contributed by atoms with Crippen LogP contribution in [0.25, 0.3) is 6.08 Å². The molecule has 5 nitrogen and oxygen atoms in total. The van der Waals surface area contributed by atoms with E-state index in [1.54, 1.807) is 6.08 Å². The van der Waals surface area contributed by atoms with E-state index in [1.807, 2.05) is 24.3 Å². The molecule has 1 aliphatic rings. The summed E-state index contributed by atoms with van der Waals surface area (Å²) >= 11 is 0.